The predicted octanol–water partition coefficient (Wildman–Crippen LogP) is 3.48. The third-order valence-electron chi connectivity index (χ3n) is 3.68. The molecule has 1 atom stereocenters. The molecule has 0 aliphatic carbocycles. The summed E-state index contributed by atoms with van der Waals surface area (Å²) in [6.45, 7) is 5.66. The number of halogens is 2. The lowest BCUT2D eigenvalue weighted by molar-refractivity contribution is -0.0518. The zero-order valence-corrected chi connectivity index (χ0v) is 14.4. The van der Waals surface area contributed by atoms with Gasteiger partial charge in [-0.3, -0.25) is 4.90 Å². The molecule has 2 rings (SSSR count). The molecular formula is C17H24F2N2O3. The van der Waals surface area contributed by atoms with Gasteiger partial charge in [-0.25, -0.2) is 4.79 Å². The number of hydrogen-bond acceptors (Lipinski definition) is 4. The van der Waals surface area contributed by atoms with E-state index in [0.29, 0.717) is 30.8 Å². The van der Waals surface area contributed by atoms with E-state index in [1.54, 1.807) is 50.8 Å². The SMILES string of the molecule is Cc1cccc(C2CNCCN2C(=O)OC(C)(C)C)c1OC(F)F. The fraction of sp³-hybridized carbons (Fsp3) is 0.588. The molecule has 0 spiro atoms. The summed E-state index contributed by atoms with van der Waals surface area (Å²) in [5, 5.41) is 3.19. The van der Waals surface area contributed by atoms with Crippen LogP contribution in [0.5, 0.6) is 5.75 Å². The summed E-state index contributed by atoms with van der Waals surface area (Å²) in [6.07, 6.45) is -0.460. The summed E-state index contributed by atoms with van der Waals surface area (Å²) in [7, 11) is 0. The van der Waals surface area contributed by atoms with E-state index in [0.717, 1.165) is 0 Å². The number of para-hydroxylation sites is 1. The molecule has 7 heteroatoms. The quantitative estimate of drug-likeness (QED) is 0.914. The Balaban J connectivity index is 2.34. The van der Waals surface area contributed by atoms with Gasteiger partial charge in [-0.05, 0) is 33.3 Å². The third-order valence-corrected chi connectivity index (χ3v) is 3.68. The first-order valence-corrected chi connectivity index (χ1v) is 7.93. The Labute approximate surface area is 140 Å². The van der Waals surface area contributed by atoms with E-state index in [2.05, 4.69) is 5.32 Å². The van der Waals surface area contributed by atoms with Crippen LogP contribution in [-0.4, -0.2) is 42.8 Å². The van der Waals surface area contributed by atoms with Gasteiger partial charge < -0.3 is 14.8 Å². The lowest BCUT2D eigenvalue weighted by atomic mass is 10.00. The van der Waals surface area contributed by atoms with Crippen LogP contribution in [-0.2, 0) is 4.74 Å². The number of ether oxygens (including phenoxy) is 2. The standard InChI is InChI=1S/C17H24F2N2O3/c1-11-6-5-7-12(14(11)23-15(18)19)13-10-20-8-9-21(13)16(22)24-17(2,3)4/h5-7,13,15,20H,8-10H2,1-4H3. The van der Waals surface area contributed by atoms with E-state index < -0.39 is 24.3 Å². The maximum atomic E-state index is 12.8. The summed E-state index contributed by atoms with van der Waals surface area (Å²) in [6, 6.07) is 4.75. The molecule has 1 fully saturated rings. The van der Waals surface area contributed by atoms with E-state index in [4.69, 9.17) is 9.47 Å². The van der Waals surface area contributed by atoms with Gasteiger partial charge in [0, 0.05) is 25.2 Å². The van der Waals surface area contributed by atoms with Crippen LogP contribution in [0.15, 0.2) is 18.2 Å². The Morgan fingerprint density at radius 3 is 2.71 bits per heavy atom. The number of hydrogen-bond donors (Lipinski definition) is 1. The maximum Gasteiger partial charge on any atom is 0.410 e. The van der Waals surface area contributed by atoms with Crippen molar-refractivity contribution in [2.24, 2.45) is 0 Å². The molecule has 0 bridgehead atoms. The minimum Gasteiger partial charge on any atom is -0.444 e. The van der Waals surface area contributed by atoms with Crippen molar-refractivity contribution in [1.82, 2.24) is 10.2 Å². The molecular weight excluding hydrogens is 318 g/mol. The van der Waals surface area contributed by atoms with Crippen molar-refractivity contribution in [3.8, 4) is 5.75 Å². The van der Waals surface area contributed by atoms with E-state index in [1.807, 2.05) is 0 Å². The van der Waals surface area contributed by atoms with Crippen molar-refractivity contribution in [3.63, 3.8) is 0 Å². The number of alkyl halides is 2. The zero-order chi connectivity index (χ0) is 17.9. The first-order valence-electron chi connectivity index (χ1n) is 7.93. The van der Waals surface area contributed by atoms with Crippen LogP contribution in [0, 0.1) is 6.92 Å². The molecule has 1 N–H and O–H groups in total. The van der Waals surface area contributed by atoms with E-state index in [-0.39, 0.29) is 5.75 Å². The largest absolute Gasteiger partial charge is 0.444 e. The number of amides is 1. The van der Waals surface area contributed by atoms with E-state index in [1.165, 1.54) is 0 Å². The van der Waals surface area contributed by atoms with E-state index >= 15 is 0 Å². The number of nitrogens with zero attached hydrogens (tertiary/aromatic N) is 1. The van der Waals surface area contributed by atoms with Crippen molar-refractivity contribution < 1.29 is 23.0 Å². The van der Waals surface area contributed by atoms with Crippen LogP contribution in [0.2, 0.25) is 0 Å². The Kier molecular flexibility index (Phi) is 5.64. The Morgan fingerprint density at radius 2 is 2.08 bits per heavy atom. The molecule has 1 unspecified atom stereocenters. The van der Waals surface area contributed by atoms with Gasteiger partial charge in [-0.1, -0.05) is 18.2 Å². The molecule has 5 nitrogen and oxygen atoms in total. The molecule has 24 heavy (non-hydrogen) atoms. The van der Waals surface area contributed by atoms with Crippen molar-refractivity contribution >= 4 is 6.09 Å². The molecule has 1 saturated heterocycles. The molecule has 0 saturated carbocycles. The molecule has 1 aliphatic heterocycles. The monoisotopic (exact) mass is 342 g/mol. The highest BCUT2D eigenvalue weighted by Gasteiger charge is 2.33. The second kappa shape index (κ2) is 7.34. The Hall–Kier alpha value is -1.89. The summed E-state index contributed by atoms with van der Waals surface area (Å²) in [5.41, 5.74) is 0.525. The Morgan fingerprint density at radius 1 is 1.38 bits per heavy atom. The highest BCUT2D eigenvalue weighted by atomic mass is 19.3. The molecule has 0 aromatic heterocycles. The smallest absolute Gasteiger partial charge is 0.410 e. The Bertz CT molecular complexity index is 588. The number of carbonyl (C=O) groups is 1. The number of rotatable bonds is 3. The molecule has 1 aromatic carbocycles. The van der Waals surface area contributed by atoms with Crippen LogP contribution in [0.4, 0.5) is 13.6 Å². The van der Waals surface area contributed by atoms with Gasteiger partial charge in [0.1, 0.15) is 11.4 Å². The van der Waals surface area contributed by atoms with Gasteiger partial charge in [-0.15, -0.1) is 0 Å². The average molecular weight is 342 g/mol. The zero-order valence-electron chi connectivity index (χ0n) is 14.4. The first kappa shape index (κ1) is 18.4. The average Bonchev–Trinajstić information content (AvgIpc) is 2.47. The van der Waals surface area contributed by atoms with Crippen LogP contribution in [0.25, 0.3) is 0 Å². The van der Waals surface area contributed by atoms with Crippen molar-refractivity contribution in [2.45, 2.75) is 45.9 Å². The number of carbonyl (C=O) groups excluding carboxylic acids is 1. The highest BCUT2D eigenvalue weighted by Crippen LogP contribution is 2.34. The minimum absolute atomic E-state index is 0.120. The predicted molar refractivity (Wildman–Crippen MR) is 86.4 cm³/mol. The number of aryl methyl sites for hydroxylation is 1. The van der Waals surface area contributed by atoms with Gasteiger partial charge in [0.2, 0.25) is 0 Å². The summed E-state index contributed by atoms with van der Waals surface area (Å²) in [5.74, 6) is 0.120. The third kappa shape index (κ3) is 4.56. The molecule has 1 aliphatic rings. The van der Waals surface area contributed by atoms with E-state index in [9.17, 15) is 13.6 Å². The second-order valence-corrected chi connectivity index (χ2v) is 6.77. The van der Waals surface area contributed by atoms with Gasteiger partial charge in [0.25, 0.3) is 0 Å². The fourth-order valence-corrected chi connectivity index (χ4v) is 2.71. The molecule has 1 amide bonds. The van der Waals surface area contributed by atoms with Crippen molar-refractivity contribution in [3.05, 3.63) is 29.3 Å². The summed E-state index contributed by atoms with van der Waals surface area (Å²) in [4.78, 5) is 14.1. The van der Waals surface area contributed by atoms with Gasteiger partial charge in [-0.2, -0.15) is 8.78 Å². The van der Waals surface area contributed by atoms with Crippen molar-refractivity contribution in [1.29, 1.82) is 0 Å². The summed E-state index contributed by atoms with van der Waals surface area (Å²) < 4.78 is 35.7. The topological polar surface area (TPSA) is 50.8 Å². The van der Waals surface area contributed by atoms with Crippen LogP contribution < -0.4 is 10.1 Å². The summed E-state index contributed by atoms with van der Waals surface area (Å²) >= 11 is 0. The molecule has 1 heterocycles. The van der Waals surface area contributed by atoms with Crippen LogP contribution >= 0.6 is 0 Å². The lowest BCUT2D eigenvalue weighted by Crippen LogP contribution is -2.50. The van der Waals surface area contributed by atoms with Crippen molar-refractivity contribution in [2.75, 3.05) is 19.6 Å². The van der Waals surface area contributed by atoms with Crippen LogP contribution in [0.3, 0.4) is 0 Å². The molecule has 0 radical (unpaired) electrons. The highest BCUT2D eigenvalue weighted by molar-refractivity contribution is 5.69. The first-order chi connectivity index (χ1) is 11.2. The number of piperazine rings is 1. The normalized spacial score (nSPS) is 18.6. The molecule has 1 aromatic rings. The number of benzene rings is 1. The van der Waals surface area contributed by atoms with Gasteiger partial charge in [0.15, 0.2) is 0 Å². The molecule has 134 valence electrons. The lowest BCUT2D eigenvalue weighted by Gasteiger charge is -2.38. The van der Waals surface area contributed by atoms with Crippen LogP contribution in [0.1, 0.15) is 37.9 Å². The maximum absolute atomic E-state index is 12.8. The minimum atomic E-state index is -2.92. The van der Waals surface area contributed by atoms with Gasteiger partial charge in [0.05, 0.1) is 6.04 Å². The second-order valence-electron chi connectivity index (χ2n) is 6.77. The fourth-order valence-electron chi connectivity index (χ4n) is 2.71. The number of nitrogens with one attached hydrogen (secondary N) is 1. The van der Waals surface area contributed by atoms with Gasteiger partial charge >= 0.3 is 12.7 Å².